The molecule has 0 atom stereocenters. The van der Waals surface area contributed by atoms with Gasteiger partial charge in [0.2, 0.25) is 0 Å². The molecular weight excluding hydrogens is 238 g/mol. The second-order valence-corrected chi connectivity index (χ2v) is 4.99. The molecule has 100 valence electrons. The number of anilines is 1. The summed E-state index contributed by atoms with van der Waals surface area (Å²) in [7, 11) is 0. The predicted octanol–water partition coefficient (Wildman–Crippen LogP) is 3.05. The molecule has 2 aromatic rings. The predicted molar refractivity (Wildman–Crippen MR) is 76.0 cm³/mol. The fourth-order valence-corrected chi connectivity index (χ4v) is 2.56. The lowest BCUT2D eigenvalue weighted by atomic mass is 10.1. The van der Waals surface area contributed by atoms with Crippen LogP contribution in [0.3, 0.4) is 0 Å². The zero-order valence-electron chi connectivity index (χ0n) is 11.0. The van der Waals surface area contributed by atoms with Crippen molar-refractivity contribution in [2.24, 2.45) is 0 Å². The second kappa shape index (κ2) is 5.82. The first-order valence-electron chi connectivity index (χ1n) is 6.99. The molecular formula is C14H19N5. The average Bonchev–Trinajstić information content (AvgIpc) is 2.77. The first-order valence-corrected chi connectivity index (χ1v) is 6.99. The Hall–Kier alpha value is -1.91. The maximum atomic E-state index is 4.28. The van der Waals surface area contributed by atoms with Crippen molar-refractivity contribution in [2.75, 3.05) is 11.9 Å². The van der Waals surface area contributed by atoms with E-state index in [4.69, 9.17) is 0 Å². The summed E-state index contributed by atoms with van der Waals surface area (Å²) in [6.07, 6.45) is 13.4. The molecule has 0 bridgehead atoms. The molecule has 2 N–H and O–H groups in total. The van der Waals surface area contributed by atoms with E-state index in [9.17, 15) is 0 Å². The van der Waals surface area contributed by atoms with E-state index in [1.807, 2.05) is 0 Å². The zero-order valence-corrected chi connectivity index (χ0v) is 11.0. The van der Waals surface area contributed by atoms with E-state index >= 15 is 0 Å². The Kier molecular flexibility index (Phi) is 3.72. The lowest BCUT2D eigenvalue weighted by Gasteiger charge is -2.08. The number of nitrogens with one attached hydrogen (secondary N) is 2. The van der Waals surface area contributed by atoms with Gasteiger partial charge in [0.05, 0.1) is 11.6 Å². The Bertz CT molecular complexity index is 572. The van der Waals surface area contributed by atoms with Crippen LogP contribution in [0.15, 0.2) is 24.2 Å². The standard InChI is InChI=1S/C14H19N5/c1-2-4-6-11(5-3-1)7-8-15-13-12-9-18-19-14(12)17-10-16-13/h5,9-10H,1-4,6-8H2,(H2,15,16,17,18,19). The van der Waals surface area contributed by atoms with E-state index in [0.717, 1.165) is 29.8 Å². The number of rotatable bonds is 4. The van der Waals surface area contributed by atoms with Crippen molar-refractivity contribution in [1.82, 2.24) is 20.2 Å². The molecule has 0 spiro atoms. The molecule has 0 radical (unpaired) electrons. The molecule has 0 aromatic carbocycles. The molecule has 0 aliphatic heterocycles. The highest BCUT2D eigenvalue weighted by atomic mass is 15.2. The fraction of sp³-hybridized carbons (Fsp3) is 0.500. The molecule has 5 heteroatoms. The molecule has 2 aromatic heterocycles. The van der Waals surface area contributed by atoms with Gasteiger partial charge in [-0.3, -0.25) is 5.10 Å². The number of aromatic amines is 1. The molecule has 0 fully saturated rings. The zero-order chi connectivity index (χ0) is 12.9. The molecule has 5 nitrogen and oxygen atoms in total. The summed E-state index contributed by atoms with van der Waals surface area (Å²) in [5.41, 5.74) is 2.37. The van der Waals surface area contributed by atoms with Crippen molar-refractivity contribution >= 4 is 16.9 Å². The van der Waals surface area contributed by atoms with Gasteiger partial charge in [-0.25, -0.2) is 9.97 Å². The van der Waals surface area contributed by atoms with Crippen LogP contribution in [0, 0.1) is 0 Å². The van der Waals surface area contributed by atoms with Crippen LogP contribution in [-0.2, 0) is 0 Å². The van der Waals surface area contributed by atoms with E-state index < -0.39 is 0 Å². The number of fused-ring (bicyclic) bond motifs is 1. The maximum Gasteiger partial charge on any atom is 0.160 e. The first kappa shape index (κ1) is 12.1. The van der Waals surface area contributed by atoms with Gasteiger partial charge in [-0.15, -0.1) is 0 Å². The monoisotopic (exact) mass is 257 g/mol. The number of hydrogen-bond acceptors (Lipinski definition) is 4. The molecule has 19 heavy (non-hydrogen) atoms. The van der Waals surface area contributed by atoms with Gasteiger partial charge in [0, 0.05) is 6.54 Å². The van der Waals surface area contributed by atoms with E-state index in [0.29, 0.717) is 0 Å². The van der Waals surface area contributed by atoms with E-state index in [-0.39, 0.29) is 0 Å². The van der Waals surface area contributed by atoms with Crippen LogP contribution in [-0.4, -0.2) is 26.7 Å². The summed E-state index contributed by atoms with van der Waals surface area (Å²) in [4.78, 5) is 8.41. The van der Waals surface area contributed by atoms with Crippen LogP contribution in [0.5, 0.6) is 0 Å². The molecule has 1 aliphatic rings. The third-order valence-electron chi connectivity index (χ3n) is 3.62. The van der Waals surface area contributed by atoms with Crippen molar-refractivity contribution in [2.45, 2.75) is 38.5 Å². The van der Waals surface area contributed by atoms with Gasteiger partial charge in [0.25, 0.3) is 0 Å². The first-order chi connectivity index (χ1) is 9.43. The van der Waals surface area contributed by atoms with Gasteiger partial charge in [-0.2, -0.15) is 5.10 Å². The lowest BCUT2D eigenvalue weighted by Crippen LogP contribution is -2.05. The average molecular weight is 257 g/mol. The quantitative estimate of drug-likeness (QED) is 0.826. The Balaban J connectivity index is 1.60. The van der Waals surface area contributed by atoms with Gasteiger partial charge in [-0.05, 0) is 32.1 Å². The molecule has 2 heterocycles. The van der Waals surface area contributed by atoms with Crippen LogP contribution in [0.25, 0.3) is 11.0 Å². The van der Waals surface area contributed by atoms with Gasteiger partial charge in [0.15, 0.2) is 5.65 Å². The minimum Gasteiger partial charge on any atom is -0.369 e. The van der Waals surface area contributed by atoms with Gasteiger partial charge in [-0.1, -0.05) is 18.1 Å². The summed E-state index contributed by atoms with van der Waals surface area (Å²) in [6.45, 7) is 0.920. The summed E-state index contributed by atoms with van der Waals surface area (Å²) in [5, 5.41) is 11.2. The van der Waals surface area contributed by atoms with Crippen molar-refractivity contribution in [3.05, 3.63) is 24.2 Å². The number of nitrogens with zero attached hydrogens (tertiary/aromatic N) is 3. The van der Waals surface area contributed by atoms with Crippen molar-refractivity contribution in [1.29, 1.82) is 0 Å². The van der Waals surface area contributed by atoms with Crippen LogP contribution in [0.2, 0.25) is 0 Å². The van der Waals surface area contributed by atoms with Crippen LogP contribution in [0.1, 0.15) is 38.5 Å². The SMILES string of the molecule is C1=C(CCNc2ncnc3[nH]ncc23)CCCCC1. The maximum absolute atomic E-state index is 4.28. The summed E-state index contributed by atoms with van der Waals surface area (Å²) in [6, 6.07) is 0. The van der Waals surface area contributed by atoms with Gasteiger partial charge in [0.1, 0.15) is 12.1 Å². The van der Waals surface area contributed by atoms with Crippen LogP contribution < -0.4 is 5.32 Å². The minimum atomic E-state index is 0.784. The highest BCUT2D eigenvalue weighted by molar-refractivity contribution is 5.85. The summed E-state index contributed by atoms with van der Waals surface area (Å²) in [5.74, 6) is 0.868. The van der Waals surface area contributed by atoms with Crippen molar-refractivity contribution in [3.63, 3.8) is 0 Å². The van der Waals surface area contributed by atoms with E-state index in [2.05, 4.69) is 31.6 Å². The molecule has 0 saturated heterocycles. The summed E-state index contributed by atoms with van der Waals surface area (Å²) >= 11 is 0. The largest absolute Gasteiger partial charge is 0.369 e. The van der Waals surface area contributed by atoms with Crippen molar-refractivity contribution in [3.8, 4) is 0 Å². The molecule has 0 saturated carbocycles. The normalized spacial score (nSPS) is 16.1. The third kappa shape index (κ3) is 2.92. The molecule has 0 unspecified atom stereocenters. The second-order valence-electron chi connectivity index (χ2n) is 4.99. The summed E-state index contributed by atoms with van der Waals surface area (Å²) < 4.78 is 0. The van der Waals surface area contributed by atoms with Gasteiger partial charge < -0.3 is 5.32 Å². The highest BCUT2D eigenvalue weighted by Gasteiger charge is 2.06. The minimum absolute atomic E-state index is 0.784. The van der Waals surface area contributed by atoms with Crippen LogP contribution >= 0.6 is 0 Å². The smallest absolute Gasteiger partial charge is 0.160 e. The lowest BCUT2D eigenvalue weighted by molar-refractivity contribution is 0.704. The topological polar surface area (TPSA) is 66.5 Å². The fourth-order valence-electron chi connectivity index (χ4n) is 2.56. The Labute approximate surface area is 112 Å². The third-order valence-corrected chi connectivity index (χ3v) is 3.62. The molecule has 0 amide bonds. The number of allylic oxidation sites excluding steroid dienone is 1. The number of aromatic nitrogens is 4. The van der Waals surface area contributed by atoms with Gasteiger partial charge >= 0.3 is 0 Å². The highest BCUT2D eigenvalue weighted by Crippen LogP contribution is 2.20. The van der Waals surface area contributed by atoms with Crippen LogP contribution in [0.4, 0.5) is 5.82 Å². The Morgan fingerprint density at radius 3 is 3.21 bits per heavy atom. The Morgan fingerprint density at radius 2 is 2.21 bits per heavy atom. The number of H-pyrrole nitrogens is 1. The number of hydrogen-bond donors (Lipinski definition) is 2. The Morgan fingerprint density at radius 1 is 1.21 bits per heavy atom. The van der Waals surface area contributed by atoms with Crippen molar-refractivity contribution < 1.29 is 0 Å². The van der Waals surface area contributed by atoms with E-state index in [1.54, 1.807) is 18.1 Å². The van der Waals surface area contributed by atoms with E-state index in [1.165, 1.54) is 32.1 Å². The molecule has 1 aliphatic carbocycles. The molecule has 3 rings (SSSR count).